The van der Waals surface area contributed by atoms with Crippen LogP contribution in [-0.4, -0.2) is 6.03 Å². The third kappa shape index (κ3) is 3.23. The number of urea groups is 1. The molecule has 2 amide bonds. The van der Waals surface area contributed by atoms with Crippen LogP contribution in [-0.2, 0) is 0 Å². The van der Waals surface area contributed by atoms with Gasteiger partial charge in [0.05, 0.1) is 0 Å². The van der Waals surface area contributed by atoms with Gasteiger partial charge in [-0.1, -0.05) is 0 Å². The maximum atomic E-state index is 9.30. The molecule has 1 radical (unpaired) electrons. The van der Waals surface area contributed by atoms with E-state index in [1.165, 1.54) is 0 Å². The van der Waals surface area contributed by atoms with E-state index >= 15 is 0 Å². The Morgan fingerprint density at radius 2 is 2.00 bits per heavy atom. The second-order valence-corrected chi connectivity index (χ2v) is 0.467. The van der Waals surface area contributed by atoms with Crippen molar-refractivity contribution in [1.29, 1.82) is 0 Å². The van der Waals surface area contributed by atoms with Crippen molar-refractivity contribution in [3.8, 4) is 0 Å². The van der Waals surface area contributed by atoms with Gasteiger partial charge in [0.25, 0.3) is 0 Å². The Hall–Kier alpha value is -0.770. The molecule has 4 N–H and O–H groups in total. The molecule has 0 aromatic heterocycles. The number of hydrogen-bond donors (Lipinski definition) is 2. The van der Waals surface area contributed by atoms with Crippen LogP contribution in [0.25, 0.3) is 0 Å². The van der Waals surface area contributed by atoms with Crippen molar-refractivity contribution in [1.82, 2.24) is 5.43 Å². The zero-order chi connectivity index (χ0) is 4.28. The molecule has 0 fully saturated rings. The molecule has 0 aromatic carbocycles. The van der Waals surface area contributed by atoms with Gasteiger partial charge in [0, 0.05) is 0 Å². The van der Waals surface area contributed by atoms with Crippen LogP contribution in [0.15, 0.2) is 0 Å². The lowest BCUT2D eigenvalue weighted by atomic mass is 11.2. The Bertz CT molecular complexity index is 42.2. The molecule has 0 spiro atoms. The summed E-state index contributed by atoms with van der Waals surface area (Å²) in [6.45, 7) is 0. The molecule has 0 bridgehead atoms. The van der Waals surface area contributed by atoms with Crippen molar-refractivity contribution >= 4 is 6.03 Å². The van der Waals surface area contributed by atoms with Crippen molar-refractivity contribution in [3.63, 3.8) is 0 Å². The van der Waals surface area contributed by atoms with Crippen molar-refractivity contribution < 1.29 is 4.79 Å². The fourth-order valence-electron chi connectivity index (χ4n) is 0. The standard InChI is InChI=1S/CH4N3O/c2-1(5)4-3/h3H2,(H2,2,5). The Morgan fingerprint density at radius 3 is 2.00 bits per heavy atom. The van der Waals surface area contributed by atoms with Gasteiger partial charge >= 0.3 is 6.03 Å². The molecule has 5 heavy (non-hydrogen) atoms. The first-order valence-corrected chi connectivity index (χ1v) is 0.975. The van der Waals surface area contributed by atoms with Crippen LogP contribution in [0.2, 0.25) is 0 Å². The molecule has 0 saturated heterocycles. The Morgan fingerprint density at radius 1 is 1.80 bits per heavy atom. The normalized spacial score (nSPS) is 6.60. The molecule has 0 aliphatic rings. The Balaban J connectivity index is 2.85. The number of amides is 2. The number of nitrogens with two attached hydrogens (primary N) is 2. The van der Waals surface area contributed by atoms with Crippen LogP contribution in [0, 0.1) is 0 Å². The van der Waals surface area contributed by atoms with E-state index in [0.717, 1.165) is 0 Å². The predicted octanol–water partition coefficient (Wildman–Crippen LogP) is -1.46. The minimum atomic E-state index is -0.843. The van der Waals surface area contributed by atoms with Crippen molar-refractivity contribution in [2.24, 2.45) is 11.6 Å². The number of hydrogen-bond acceptors (Lipinski definition) is 2. The third-order valence-corrected chi connectivity index (χ3v) is 0.127. The molecule has 0 aliphatic heterocycles. The minimum absolute atomic E-state index is 0.843. The summed E-state index contributed by atoms with van der Waals surface area (Å²) in [5.74, 6) is 4.32. The minimum Gasteiger partial charge on any atom is -0.349 e. The van der Waals surface area contributed by atoms with Crippen LogP contribution < -0.4 is 17.0 Å². The fraction of sp³-hybridized carbons (Fsp3) is 0. The molecular weight excluding hydrogens is 70.0 g/mol. The van der Waals surface area contributed by atoms with Gasteiger partial charge in [0.2, 0.25) is 0 Å². The van der Waals surface area contributed by atoms with Crippen molar-refractivity contribution in [2.45, 2.75) is 0 Å². The molecule has 4 heteroatoms. The van der Waals surface area contributed by atoms with E-state index in [2.05, 4.69) is 17.0 Å². The molecule has 0 unspecified atom stereocenters. The van der Waals surface area contributed by atoms with E-state index in [9.17, 15) is 4.79 Å². The summed E-state index contributed by atoms with van der Waals surface area (Å²) in [4.78, 5) is 9.30. The highest BCUT2D eigenvalue weighted by Crippen LogP contribution is 1.39. The highest BCUT2D eigenvalue weighted by molar-refractivity contribution is 5.70. The Labute approximate surface area is 29.1 Å². The van der Waals surface area contributed by atoms with E-state index in [1.807, 2.05) is 0 Å². The van der Waals surface area contributed by atoms with Gasteiger partial charge in [0.1, 0.15) is 0 Å². The smallest absolute Gasteiger partial charge is 0.349 e. The molecule has 29 valence electrons. The lowest BCUT2D eigenvalue weighted by Crippen LogP contribution is -2.27. The van der Waals surface area contributed by atoms with Crippen LogP contribution in [0.3, 0.4) is 0 Å². The topological polar surface area (TPSA) is 83.2 Å². The molecule has 0 saturated carbocycles. The lowest BCUT2D eigenvalue weighted by molar-refractivity contribution is 0.248. The van der Waals surface area contributed by atoms with Gasteiger partial charge in [-0.3, -0.25) is 0 Å². The Kier molecular flexibility index (Phi) is 1.30. The van der Waals surface area contributed by atoms with Gasteiger partial charge in [0.15, 0.2) is 0 Å². The second kappa shape index (κ2) is 1.54. The molecule has 4 nitrogen and oxygen atoms in total. The van der Waals surface area contributed by atoms with Gasteiger partial charge in [-0.15, -0.1) is 5.43 Å². The lowest BCUT2D eigenvalue weighted by Gasteiger charge is -1.75. The average molecular weight is 74.1 g/mol. The maximum absolute atomic E-state index is 9.30. The summed E-state index contributed by atoms with van der Waals surface area (Å²) in [7, 11) is 0. The molecule has 0 atom stereocenters. The first-order chi connectivity index (χ1) is 2.27. The molecule has 0 heterocycles. The molecule has 0 aliphatic carbocycles. The monoisotopic (exact) mass is 74.0 g/mol. The highest BCUT2D eigenvalue weighted by Gasteiger charge is 1.77. The van der Waals surface area contributed by atoms with E-state index in [4.69, 9.17) is 0 Å². The maximum Gasteiger partial charge on any atom is 0.349 e. The van der Waals surface area contributed by atoms with Crippen molar-refractivity contribution in [2.75, 3.05) is 0 Å². The van der Waals surface area contributed by atoms with Crippen molar-refractivity contribution in [3.05, 3.63) is 0 Å². The predicted molar refractivity (Wildman–Crippen MR) is 15.9 cm³/mol. The summed E-state index contributed by atoms with van der Waals surface area (Å²) in [6.07, 6.45) is 0. The van der Waals surface area contributed by atoms with Gasteiger partial charge in [-0.25, -0.2) is 10.6 Å². The third-order valence-electron chi connectivity index (χ3n) is 0.127. The van der Waals surface area contributed by atoms with Crippen LogP contribution in [0.1, 0.15) is 0 Å². The largest absolute Gasteiger partial charge is 0.349 e. The SMILES string of the molecule is N[N]C(N)=O. The van der Waals surface area contributed by atoms with Gasteiger partial charge < -0.3 is 5.73 Å². The number of primary amides is 1. The summed E-state index contributed by atoms with van der Waals surface area (Å²) in [5.41, 5.74) is 6.89. The summed E-state index contributed by atoms with van der Waals surface area (Å²) >= 11 is 0. The van der Waals surface area contributed by atoms with Gasteiger partial charge in [-0.2, -0.15) is 0 Å². The van der Waals surface area contributed by atoms with Crippen LogP contribution >= 0.6 is 0 Å². The van der Waals surface area contributed by atoms with Gasteiger partial charge in [-0.05, 0) is 0 Å². The average Bonchev–Trinajstić information content (AvgIpc) is 1.38. The zero-order valence-electron chi connectivity index (χ0n) is 2.51. The van der Waals surface area contributed by atoms with Crippen LogP contribution in [0.5, 0.6) is 0 Å². The first kappa shape index (κ1) is 4.23. The molecular formula is CH4N3O. The quantitative estimate of drug-likeness (QED) is 0.209. The summed E-state index contributed by atoms with van der Waals surface area (Å²) < 4.78 is 0. The number of carbonyl (C=O) groups is 1. The summed E-state index contributed by atoms with van der Waals surface area (Å²) in [5, 5.41) is 0. The zero-order valence-corrected chi connectivity index (χ0v) is 2.51. The molecule has 0 rings (SSSR count). The number of nitrogens with zero attached hydrogens (tertiary/aromatic N) is 1. The van der Waals surface area contributed by atoms with Crippen LogP contribution in [0.4, 0.5) is 4.79 Å². The van der Waals surface area contributed by atoms with E-state index in [1.54, 1.807) is 0 Å². The second-order valence-electron chi connectivity index (χ2n) is 0.467. The van der Waals surface area contributed by atoms with E-state index in [-0.39, 0.29) is 0 Å². The number of rotatable bonds is 0. The number of carbonyl (C=O) groups excluding carboxylic acids is 1. The summed E-state index contributed by atoms with van der Waals surface area (Å²) in [6, 6.07) is -0.843. The fourth-order valence-corrected chi connectivity index (χ4v) is 0. The van der Waals surface area contributed by atoms with E-state index in [0.29, 0.717) is 0 Å². The highest BCUT2D eigenvalue weighted by atomic mass is 16.2. The first-order valence-electron chi connectivity index (χ1n) is 0.975. The molecule has 0 aromatic rings. The van der Waals surface area contributed by atoms with E-state index < -0.39 is 6.03 Å².